The van der Waals surface area contributed by atoms with Crippen LogP contribution in [-0.2, 0) is 33.2 Å². The number of nitrogens with one attached hydrogen (secondary N) is 1. The van der Waals surface area contributed by atoms with E-state index in [1.165, 1.54) is 70.6 Å². The highest BCUT2D eigenvalue weighted by Crippen LogP contribution is 2.33. The van der Waals surface area contributed by atoms with Crippen LogP contribution in [0.5, 0.6) is 0 Å². The van der Waals surface area contributed by atoms with Gasteiger partial charge in [0.15, 0.2) is 18.9 Å². The van der Waals surface area contributed by atoms with Gasteiger partial charge in [0.2, 0.25) is 5.91 Å². The van der Waals surface area contributed by atoms with Gasteiger partial charge in [-0.15, -0.1) is 0 Å². The van der Waals surface area contributed by atoms with Crippen LogP contribution in [0.1, 0.15) is 181 Å². The number of ether oxygens (including phenoxy) is 6. The molecule has 3 heterocycles. The third-order valence-electron chi connectivity index (χ3n) is 14.9. The Morgan fingerprint density at radius 2 is 0.873 bits per heavy atom. The molecule has 458 valence electrons. The number of unbranched alkanes of at least 4 members (excludes halogenated alkanes) is 17. The molecular formula is C60H105NO18. The number of hydrogen-bond donors (Lipinski definition) is 12. The van der Waals surface area contributed by atoms with Crippen molar-refractivity contribution in [1.82, 2.24) is 5.32 Å². The molecule has 12 N–H and O–H groups in total. The van der Waals surface area contributed by atoms with E-state index in [0.29, 0.717) is 12.8 Å². The van der Waals surface area contributed by atoms with Crippen molar-refractivity contribution in [1.29, 1.82) is 0 Å². The summed E-state index contributed by atoms with van der Waals surface area (Å²) in [6.07, 6.45) is 21.6. The van der Waals surface area contributed by atoms with Gasteiger partial charge in [-0.2, -0.15) is 0 Å². The molecule has 79 heavy (non-hydrogen) atoms. The molecule has 0 bridgehead atoms. The summed E-state index contributed by atoms with van der Waals surface area (Å²) in [5, 5.41) is 120. The van der Waals surface area contributed by atoms with Crippen molar-refractivity contribution in [2.75, 3.05) is 26.4 Å². The maximum absolute atomic E-state index is 13.3. The molecular weight excluding hydrogens is 1020 g/mol. The Bertz CT molecular complexity index is 1680. The fourth-order valence-electron chi connectivity index (χ4n) is 9.93. The van der Waals surface area contributed by atoms with Crippen molar-refractivity contribution in [2.45, 2.75) is 285 Å². The van der Waals surface area contributed by atoms with Gasteiger partial charge in [0, 0.05) is 6.42 Å². The lowest BCUT2D eigenvalue weighted by molar-refractivity contribution is -0.379. The molecule has 0 aliphatic carbocycles. The van der Waals surface area contributed by atoms with Crippen LogP contribution < -0.4 is 5.32 Å². The lowest BCUT2D eigenvalue weighted by Gasteiger charge is -2.48. The molecule has 19 heteroatoms. The molecule has 3 rings (SSSR count). The lowest BCUT2D eigenvalue weighted by atomic mass is 9.96. The molecule has 0 radical (unpaired) electrons. The number of allylic oxidation sites excluding steroid dienone is 10. The molecule has 17 unspecified atom stereocenters. The Hall–Kier alpha value is -2.51. The summed E-state index contributed by atoms with van der Waals surface area (Å²) in [5.41, 5.74) is 0. The molecule has 3 saturated heterocycles. The number of carbonyl (C=O) groups is 1. The first kappa shape index (κ1) is 70.8. The summed E-state index contributed by atoms with van der Waals surface area (Å²) >= 11 is 0. The van der Waals surface area contributed by atoms with E-state index < -0.39 is 124 Å². The minimum atomic E-state index is -1.98. The van der Waals surface area contributed by atoms with Crippen LogP contribution in [0.2, 0.25) is 0 Å². The largest absolute Gasteiger partial charge is 0.394 e. The molecule has 19 nitrogen and oxygen atoms in total. The minimum Gasteiger partial charge on any atom is -0.394 e. The van der Waals surface area contributed by atoms with Gasteiger partial charge in [0.25, 0.3) is 0 Å². The van der Waals surface area contributed by atoms with E-state index in [1.807, 2.05) is 0 Å². The number of amides is 1. The summed E-state index contributed by atoms with van der Waals surface area (Å²) in [6, 6.07) is -0.907. The fraction of sp³-hybridized carbons (Fsp3) is 0.817. The van der Waals surface area contributed by atoms with Crippen LogP contribution in [0.15, 0.2) is 60.8 Å². The summed E-state index contributed by atoms with van der Waals surface area (Å²) in [6.45, 7) is 1.63. The maximum atomic E-state index is 13.3. The van der Waals surface area contributed by atoms with Gasteiger partial charge < -0.3 is 89.9 Å². The summed E-state index contributed by atoms with van der Waals surface area (Å²) in [7, 11) is 0. The second-order valence-electron chi connectivity index (χ2n) is 21.4. The van der Waals surface area contributed by atoms with Crippen molar-refractivity contribution in [3.63, 3.8) is 0 Å². The number of aliphatic hydroxyl groups is 11. The van der Waals surface area contributed by atoms with E-state index in [4.69, 9.17) is 28.4 Å². The SMILES string of the molecule is CC/C=C\C/C=C\C/C=C\C/C=C\C/C=C\CCCCCC(=O)NC(COC1OC(CO)C(OC2OC(CO)C(OC3OC(CO)C(O)C(O)C3O)C(O)C2O)C(O)C1O)C(O)CCCCCCCCCCCCCCCCC. The number of hydrogen-bond acceptors (Lipinski definition) is 18. The monoisotopic (exact) mass is 1130 g/mol. The highest BCUT2D eigenvalue weighted by atomic mass is 16.8. The highest BCUT2D eigenvalue weighted by Gasteiger charge is 2.53. The Morgan fingerprint density at radius 1 is 0.468 bits per heavy atom. The van der Waals surface area contributed by atoms with Crippen molar-refractivity contribution >= 4 is 5.91 Å². The Kier molecular flexibility index (Phi) is 38.7. The van der Waals surface area contributed by atoms with E-state index in [2.05, 4.69) is 79.9 Å². The first-order chi connectivity index (χ1) is 38.3. The van der Waals surface area contributed by atoms with Crippen molar-refractivity contribution in [3.05, 3.63) is 60.8 Å². The topological polar surface area (TPSA) is 307 Å². The van der Waals surface area contributed by atoms with Crippen molar-refractivity contribution in [2.24, 2.45) is 0 Å². The molecule has 3 aliphatic rings. The second-order valence-corrected chi connectivity index (χ2v) is 21.4. The van der Waals surface area contributed by atoms with E-state index in [9.17, 15) is 61.0 Å². The number of aliphatic hydroxyl groups excluding tert-OH is 11. The third kappa shape index (κ3) is 27.2. The molecule has 0 aromatic carbocycles. The minimum absolute atomic E-state index is 0.224. The Balaban J connectivity index is 1.51. The van der Waals surface area contributed by atoms with Gasteiger partial charge in [0.1, 0.15) is 73.2 Å². The van der Waals surface area contributed by atoms with Gasteiger partial charge in [0.05, 0.1) is 38.6 Å². The zero-order chi connectivity index (χ0) is 57.6. The van der Waals surface area contributed by atoms with Gasteiger partial charge in [-0.05, 0) is 57.8 Å². The van der Waals surface area contributed by atoms with Crippen LogP contribution in [-0.4, -0.2) is 193 Å². The predicted octanol–water partition coefficient (Wildman–Crippen LogP) is 5.26. The molecule has 0 saturated carbocycles. The van der Waals surface area contributed by atoms with Gasteiger partial charge in [-0.3, -0.25) is 4.79 Å². The zero-order valence-corrected chi connectivity index (χ0v) is 47.6. The zero-order valence-electron chi connectivity index (χ0n) is 47.6. The number of rotatable bonds is 43. The van der Waals surface area contributed by atoms with Crippen LogP contribution in [0.25, 0.3) is 0 Å². The average molecular weight is 1130 g/mol. The van der Waals surface area contributed by atoms with Crippen LogP contribution in [0, 0.1) is 0 Å². The fourth-order valence-corrected chi connectivity index (χ4v) is 9.93. The Labute approximate surface area is 471 Å². The van der Waals surface area contributed by atoms with Crippen LogP contribution in [0.4, 0.5) is 0 Å². The molecule has 17 atom stereocenters. The van der Waals surface area contributed by atoms with Gasteiger partial charge in [-0.1, -0.05) is 177 Å². The first-order valence-electron chi connectivity index (χ1n) is 30.0. The second kappa shape index (κ2) is 43.2. The van der Waals surface area contributed by atoms with Crippen LogP contribution in [0.3, 0.4) is 0 Å². The van der Waals surface area contributed by atoms with Gasteiger partial charge >= 0.3 is 0 Å². The Morgan fingerprint density at radius 3 is 1.35 bits per heavy atom. The molecule has 0 aromatic rings. The van der Waals surface area contributed by atoms with Gasteiger partial charge in [-0.25, -0.2) is 0 Å². The first-order valence-corrected chi connectivity index (χ1v) is 30.0. The van der Waals surface area contributed by atoms with E-state index in [1.54, 1.807) is 0 Å². The van der Waals surface area contributed by atoms with E-state index in [0.717, 1.165) is 77.0 Å². The van der Waals surface area contributed by atoms with Crippen LogP contribution >= 0.6 is 0 Å². The van der Waals surface area contributed by atoms with Crippen molar-refractivity contribution < 1.29 is 89.4 Å². The predicted molar refractivity (Wildman–Crippen MR) is 300 cm³/mol. The standard InChI is InChI=1S/C60H105NO18/c1-3-5-7-9-11-13-15-17-19-20-21-22-24-26-28-30-32-34-36-38-48(66)61-43(44(65)37-35-33-31-29-27-25-23-18-16-14-12-10-8-6-4-2)42-74-58-54(72)51(69)56(46(40-63)76-58)79-60-55(73)52(70)57(47(41-64)77-60)78-59-53(71)50(68)49(67)45(39-62)75-59/h5,7,11,13,17,19,21-22,26,28,43-47,49-60,62-65,67-73H,3-4,6,8-10,12,14-16,18,20,23-25,27,29-42H2,1-2H3,(H,61,66)/b7-5-,13-11-,19-17-,22-21-,28-26-. The quantitative estimate of drug-likeness (QED) is 0.0274. The smallest absolute Gasteiger partial charge is 0.220 e. The molecule has 0 spiro atoms. The average Bonchev–Trinajstić information content (AvgIpc) is 3.47. The third-order valence-corrected chi connectivity index (χ3v) is 14.9. The number of carbonyl (C=O) groups excluding carboxylic acids is 1. The van der Waals surface area contributed by atoms with E-state index >= 15 is 0 Å². The molecule has 3 aliphatic heterocycles. The molecule has 0 aromatic heterocycles. The summed E-state index contributed by atoms with van der Waals surface area (Å²) in [4.78, 5) is 13.3. The maximum Gasteiger partial charge on any atom is 0.220 e. The normalized spacial score (nSPS) is 30.7. The lowest BCUT2D eigenvalue weighted by Crippen LogP contribution is -2.66. The van der Waals surface area contributed by atoms with E-state index in [-0.39, 0.29) is 18.9 Å². The summed E-state index contributed by atoms with van der Waals surface area (Å²) < 4.78 is 34.3. The summed E-state index contributed by atoms with van der Waals surface area (Å²) in [5.74, 6) is -0.277. The highest BCUT2D eigenvalue weighted by molar-refractivity contribution is 5.76. The molecule has 1 amide bonds. The van der Waals surface area contributed by atoms with Crippen molar-refractivity contribution in [3.8, 4) is 0 Å². The molecule has 3 fully saturated rings.